The fraction of sp³-hybridized carbons (Fsp3) is 0.647. The molecule has 1 aromatic rings. The first-order valence-electron chi connectivity index (χ1n) is 7.52. The highest BCUT2D eigenvalue weighted by atomic mass is 14.7. The molecular weight excluding hydrogens is 218 g/mol. The highest BCUT2D eigenvalue weighted by molar-refractivity contribution is 5.35. The lowest BCUT2D eigenvalue weighted by atomic mass is 9.81. The van der Waals surface area contributed by atoms with Crippen LogP contribution in [-0.2, 0) is 0 Å². The minimum absolute atomic E-state index is 0.239. The molecule has 0 aliphatic heterocycles. The van der Waals surface area contributed by atoms with E-state index in [0.717, 1.165) is 0 Å². The summed E-state index contributed by atoms with van der Waals surface area (Å²) in [5.41, 5.74) is 10.7. The Balaban J connectivity index is 2.13. The zero-order valence-electron chi connectivity index (χ0n) is 11.9. The molecule has 1 aliphatic rings. The number of hydrogen-bond acceptors (Lipinski definition) is 1. The van der Waals surface area contributed by atoms with E-state index in [1.54, 1.807) is 0 Å². The maximum absolute atomic E-state index is 6.56. The summed E-state index contributed by atoms with van der Waals surface area (Å²) in [6, 6.07) is 6.80. The van der Waals surface area contributed by atoms with Gasteiger partial charge in [0.05, 0.1) is 0 Å². The van der Waals surface area contributed by atoms with Gasteiger partial charge in [0.1, 0.15) is 0 Å². The molecule has 18 heavy (non-hydrogen) atoms. The Hall–Kier alpha value is -0.820. The Morgan fingerprint density at radius 2 is 1.61 bits per heavy atom. The van der Waals surface area contributed by atoms with E-state index in [1.165, 1.54) is 61.6 Å². The molecule has 0 bridgehead atoms. The normalized spacial score (nSPS) is 20.2. The van der Waals surface area contributed by atoms with Crippen LogP contribution in [0.5, 0.6) is 0 Å². The lowest BCUT2D eigenvalue weighted by Gasteiger charge is -2.27. The standard InChI is InChI=1S/C17H27N/c1-13-9-8-12-16(14(13)2)17(18)15-10-6-4-3-5-7-11-15/h8-9,12,15,17H,3-7,10-11,18H2,1-2H3. The average Bonchev–Trinajstić information content (AvgIpc) is 2.31. The van der Waals surface area contributed by atoms with Crippen molar-refractivity contribution in [3.63, 3.8) is 0 Å². The zero-order valence-corrected chi connectivity index (χ0v) is 11.9. The van der Waals surface area contributed by atoms with Gasteiger partial charge in [0.2, 0.25) is 0 Å². The van der Waals surface area contributed by atoms with E-state index < -0.39 is 0 Å². The van der Waals surface area contributed by atoms with Gasteiger partial charge in [-0.25, -0.2) is 0 Å². The predicted molar refractivity (Wildman–Crippen MR) is 78.7 cm³/mol. The van der Waals surface area contributed by atoms with E-state index in [1.807, 2.05) is 0 Å². The minimum atomic E-state index is 0.239. The summed E-state index contributed by atoms with van der Waals surface area (Å²) < 4.78 is 0. The molecule has 0 aromatic heterocycles. The van der Waals surface area contributed by atoms with E-state index in [0.29, 0.717) is 5.92 Å². The Morgan fingerprint density at radius 3 is 2.28 bits per heavy atom. The van der Waals surface area contributed by atoms with Crippen LogP contribution in [-0.4, -0.2) is 0 Å². The third-order valence-electron chi connectivity index (χ3n) is 4.66. The van der Waals surface area contributed by atoms with Gasteiger partial charge in [0.15, 0.2) is 0 Å². The Bertz CT molecular complexity index is 375. The lowest BCUT2D eigenvalue weighted by molar-refractivity contribution is 0.327. The van der Waals surface area contributed by atoms with Crippen LogP contribution >= 0.6 is 0 Å². The fourth-order valence-electron chi connectivity index (χ4n) is 3.24. The number of hydrogen-bond donors (Lipinski definition) is 1. The van der Waals surface area contributed by atoms with E-state index in [4.69, 9.17) is 5.73 Å². The van der Waals surface area contributed by atoms with Crippen LogP contribution in [0.25, 0.3) is 0 Å². The second-order valence-corrected chi connectivity index (χ2v) is 5.92. The van der Waals surface area contributed by atoms with Crippen molar-refractivity contribution in [3.05, 3.63) is 34.9 Å². The van der Waals surface area contributed by atoms with Gasteiger partial charge in [-0.1, -0.05) is 50.3 Å². The first-order chi connectivity index (χ1) is 8.70. The monoisotopic (exact) mass is 245 g/mol. The van der Waals surface area contributed by atoms with Crippen molar-refractivity contribution in [2.45, 2.75) is 64.8 Å². The maximum Gasteiger partial charge on any atom is 0.0326 e. The second-order valence-electron chi connectivity index (χ2n) is 5.92. The van der Waals surface area contributed by atoms with Gasteiger partial charge in [-0.3, -0.25) is 0 Å². The number of benzene rings is 1. The Labute approximate surface area is 112 Å². The molecule has 1 unspecified atom stereocenters. The molecule has 1 saturated carbocycles. The van der Waals surface area contributed by atoms with Gasteiger partial charge < -0.3 is 5.73 Å². The summed E-state index contributed by atoms with van der Waals surface area (Å²) in [5, 5.41) is 0. The van der Waals surface area contributed by atoms with Gasteiger partial charge in [0, 0.05) is 6.04 Å². The van der Waals surface area contributed by atoms with Gasteiger partial charge in [-0.15, -0.1) is 0 Å². The summed E-state index contributed by atoms with van der Waals surface area (Å²) >= 11 is 0. The molecule has 1 heteroatoms. The molecule has 2 N–H and O–H groups in total. The van der Waals surface area contributed by atoms with Gasteiger partial charge in [-0.2, -0.15) is 0 Å². The first kappa shape index (κ1) is 13.6. The second kappa shape index (κ2) is 6.38. The smallest absolute Gasteiger partial charge is 0.0326 e. The summed E-state index contributed by atoms with van der Waals surface area (Å²) in [6.07, 6.45) is 9.58. The van der Waals surface area contributed by atoms with Crippen molar-refractivity contribution in [3.8, 4) is 0 Å². The molecule has 1 atom stereocenters. The molecule has 1 aromatic carbocycles. The Kier molecular flexibility index (Phi) is 4.82. The summed E-state index contributed by atoms with van der Waals surface area (Å²) in [6.45, 7) is 4.40. The maximum atomic E-state index is 6.56. The van der Waals surface area contributed by atoms with Crippen molar-refractivity contribution in [1.82, 2.24) is 0 Å². The number of nitrogens with two attached hydrogens (primary N) is 1. The van der Waals surface area contributed by atoms with Crippen molar-refractivity contribution in [2.24, 2.45) is 11.7 Å². The fourth-order valence-corrected chi connectivity index (χ4v) is 3.24. The van der Waals surface area contributed by atoms with E-state index >= 15 is 0 Å². The average molecular weight is 245 g/mol. The van der Waals surface area contributed by atoms with Crippen LogP contribution in [0.1, 0.15) is 67.7 Å². The first-order valence-corrected chi connectivity index (χ1v) is 7.52. The molecule has 0 heterocycles. The van der Waals surface area contributed by atoms with Crippen LogP contribution in [0, 0.1) is 19.8 Å². The molecule has 100 valence electrons. The zero-order chi connectivity index (χ0) is 13.0. The van der Waals surface area contributed by atoms with Crippen molar-refractivity contribution >= 4 is 0 Å². The number of aryl methyl sites for hydroxylation is 1. The molecule has 0 radical (unpaired) electrons. The molecule has 1 fully saturated rings. The van der Waals surface area contributed by atoms with Crippen molar-refractivity contribution < 1.29 is 0 Å². The van der Waals surface area contributed by atoms with Crippen molar-refractivity contribution in [2.75, 3.05) is 0 Å². The summed E-state index contributed by atoms with van der Waals surface area (Å²) in [5.74, 6) is 0.686. The minimum Gasteiger partial charge on any atom is -0.324 e. The predicted octanol–water partition coefficient (Wildman–Crippen LogP) is 4.66. The molecule has 1 aliphatic carbocycles. The van der Waals surface area contributed by atoms with E-state index in [-0.39, 0.29) is 6.04 Å². The highest BCUT2D eigenvalue weighted by Crippen LogP contribution is 2.33. The van der Waals surface area contributed by atoms with Gasteiger partial charge in [-0.05, 0) is 49.3 Å². The third kappa shape index (κ3) is 3.14. The summed E-state index contributed by atoms with van der Waals surface area (Å²) in [4.78, 5) is 0. The van der Waals surface area contributed by atoms with Crippen molar-refractivity contribution in [1.29, 1.82) is 0 Å². The van der Waals surface area contributed by atoms with E-state index in [9.17, 15) is 0 Å². The van der Waals surface area contributed by atoms with Gasteiger partial charge >= 0.3 is 0 Å². The van der Waals surface area contributed by atoms with Crippen LogP contribution in [0.3, 0.4) is 0 Å². The number of rotatable bonds is 2. The molecule has 2 rings (SSSR count). The third-order valence-corrected chi connectivity index (χ3v) is 4.66. The molecule has 0 spiro atoms. The lowest BCUT2D eigenvalue weighted by Crippen LogP contribution is -2.23. The molecular formula is C17H27N. The largest absolute Gasteiger partial charge is 0.324 e. The quantitative estimate of drug-likeness (QED) is 0.805. The van der Waals surface area contributed by atoms with Crippen LogP contribution in [0.2, 0.25) is 0 Å². The van der Waals surface area contributed by atoms with Crippen LogP contribution in [0.4, 0.5) is 0 Å². The highest BCUT2D eigenvalue weighted by Gasteiger charge is 2.21. The topological polar surface area (TPSA) is 26.0 Å². The molecule has 0 amide bonds. The SMILES string of the molecule is Cc1cccc(C(N)C2CCCCCCC2)c1C. The van der Waals surface area contributed by atoms with Crippen LogP contribution < -0.4 is 5.73 Å². The summed E-state index contributed by atoms with van der Waals surface area (Å²) in [7, 11) is 0. The van der Waals surface area contributed by atoms with Crippen LogP contribution in [0.15, 0.2) is 18.2 Å². The Morgan fingerprint density at radius 1 is 1.00 bits per heavy atom. The van der Waals surface area contributed by atoms with Gasteiger partial charge in [0.25, 0.3) is 0 Å². The molecule has 1 nitrogen and oxygen atoms in total. The molecule has 0 saturated heterocycles. The van der Waals surface area contributed by atoms with E-state index in [2.05, 4.69) is 32.0 Å².